The molecule has 0 fully saturated rings. The van der Waals surface area contributed by atoms with E-state index in [1.165, 1.54) is 175 Å². The quantitative estimate of drug-likeness (QED) is 0.148. The average molecular weight is 1720 g/mol. The second-order valence-corrected chi connectivity index (χ2v) is 38.3. The Morgan fingerprint density at radius 3 is 0.867 bits per heavy atom. The maximum Gasteiger partial charge on any atom is 0.160 e. The molecule has 0 bridgehead atoms. The minimum absolute atomic E-state index is 0.116. The zero-order valence-electron chi connectivity index (χ0n) is 75.6. The van der Waals surface area contributed by atoms with Crippen LogP contribution in [0, 0.1) is 0 Å². The van der Waals surface area contributed by atoms with Gasteiger partial charge in [0.15, 0.2) is 5.82 Å². The molecule has 3 heterocycles. The molecule has 3 aliphatic carbocycles. The summed E-state index contributed by atoms with van der Waals surface area (Å²) in [7, 11) is 0. The number of rotatable bonds is 7. The van der Waals surface area contributed by atoms with Gasteiger partial charge < -0.3 is 0 Å². The molecule has 0 saturated carbocycles. The zero-order valence-corrected chi connectivity index (χ0v) is 75.6. The Labute approximate surface area is 782 Å². The molecule has 0 unspecified atom stereocenters. The van der Waals surface area contributed by atoms with Gasteiger partial charge in [0.2, 0.25) is 0 Å². The molecule has 0 aliphatic heterocycles. The van der Waals surface area contributed by atoms with Crippen molar-refractivity contribution in [2.75, 3.05) is 0 Å². The van der Waals surface area contributed by atoms with Crippen molar-refractivity contribution in [2.24, 2.45) is 0 Å². The lowest BCUT2D eigenvalue weighted by Gasteiger charge is -2.22. The normalized spacial score (nSPS) is 13.4. The maximum atomic E-state index is 5.32. The fraction of sp³-hybridized carbons (Fsp3) is 0.0698. The van der Waals surface area contributed by atoms with Gasteiger partial charge in [-0.3, -0.25) is 0 Å². The summed E-state index contributed by atoms with van der Waals surface area (Å²) < 4.78 is 0. The molecule has 6 heteroatoms. The van der Waals surface area contributed by atoms with Crippen LogP contribution in [0.2, 0.25) is 0 Å². The minimum Gasteiger partial charge on any atom is -0.244 e. The smallest absolute Gasteiger partial charge is 0.160 e. The van der Waals surface area contributed by atoms with Crippen LogP contribution < -0.4 is 0 Å². The minimum atomic E-state index is -0.141. The molecule has 0 spiro atoms. The van der Waals surface area contributed by atoms with E-state index in [0.717, 1.165) is 101 Å². The first kappa shape index (κ1) is 79.2. The Hall–Kier alpha value is -16.8. The summed E-state index contributed by atoms with van der Waals surface area (Å²) in [4.78, 5) is 31.4. The standard InChI is InChI=1S/C45H30N2.C43H30N2.C41H28N2/c1-45(2)39-26-30(20-22-36(39)38-23-27-11-3-4-12-28(27)25-40(38)45)44-43(46-41-17-9-10-18-42(41)47-44)29-19-21-35-33-15-6-5-13-31(33)32-14-7-8-16-34(32)37(35)24-29;1-43(2)38-26-34(21-22-35(38)37-24-31-11-5-6-12-32(31)25-39(37)43)41-36-13-7-8-14-40(36)44-42(45-41)29-18-15-28(16-19-29)33-20-17-27-9-3-4-10-30(27)23-33;1-41(2)35-24-30(18-20-33(35)34-22-26-10-3-4-11-27(26)23-36(34)41)40-39(42-37-13-7-8-14-38(37)43-40)29-17-19-32-28(21-29)16-15-25-9-5-6-12-31(25)32/h3-26H,1-2H3;3-26H,1-2H3;3-24H,1-2H3. The fourth-order valence-electron chi connectivity index (χ4n) is 22.3. The highest BCUT2D eigenvalue weighted by molar-refractivity contribution is 6.26. The van der Waals surface area contributed by atoms with E-state index in [-0.39, 0.29) is 16.2 Å². The van der Waals surface area contributed by atoms with E-state index in [1.807, 2.05) is 24.3 Å². The van der Waals surface area contributed by atoms with Gasteiger partial charge in [-0.1, -0.05) is 363 Å². The monoisotopic (exact) mass is 1720 g/mol. The van der Waals surface area contributed by atoms with Crippen LogP contribution >= 0.6 is 0 Å². The molecule has 28 rings (SSSR count). The summed E-state index contributed by atoms with van der Waals surface area (Å²) in [5, 5.41) is 23.8. The van der Waals surface area contributed by atoms with Crippen LogP contribution in [-0.4, -0.2) is 29.9 Å². The van der Waals surface area contributed by atoms with Crippen LogP contribution in [0.3, 0.4) is 0 Å². The van der Waals surface area contributed by atoms with Crippen molar-refractivity contribution < 1.29 is 0 Å². The molecular weight excluding hydrogens is 1630 g/mol. The first-order valence-electron chi connectivity index (χ1n) is 46.8. The topological polar surface area (TPSA) is 77.3 Å². The van der Waals surface area contributed by atoms with Gasteiger partial charge in [-0.05, 0) is 278 Å². The van der Waals surface area contributed by atoms with Crippen LogP contribution in [0.25, 0.3) is 242 Å². The molecule has 3 aliphatic rings. The lowest BCUT2D eigenvalue weighted by atomic mass is 9.81. The maximum absolute atomic E-state index is 5.32. The van der Waals surface area contributed by atoms with Gasteiger partial charge in [-0.25, -0.2) is 29.9 Å². The molecule has 0 N–H and O–H groups in total. The number of aromatic nitrogens is 6. The van der Waals surface area contributed by atoms with Gasteiger partial charge in [-0.15, -0.1) is 0 Å². The SMILES string of the molecule is CC1(C)c2cc(-c3nc(-c4ccc(-c5ccc6ccccc6c5)cc4)nc4ccccc34)ccc2-c2cc3ccccc3cc21.CC1(C)c2cc(-c3nc4ccccc4nc3-c3ccc4c(ccc5ccccc54)c3)ccc2-c2cc3ccccc3cc21.CC1(C)c2cc(-c3nc4ccccc4nc3-c3ccc4c5ccccc5c5ccccc5c4c3)ccc2-c2cc3ccccc3cc21. The molecule has 25 aromatic rings. The molecule has 0 amide bonds. The highest BCUT2D eigenvalue weighted by Crippen LogP contribution is 2.56. The third kappa shape index (κ3) is 13.0. The van der Waals surface area contributed by atoms with Crippen molar-refractivity contribution in [2.45, 2.75) is 57.8 Å². The number of para-hydroxylation sites is 5. The largest absolute Gasteiger partial charge is 0.244 e. The van der Waals surface area contributed by atoms with Gasteiger partial charge in [0.1, 0.15) is 0 Å². The van der Waals surface area contributed by atoms with Gasteiger partial charge in [0.25, 0.3) is 0 Å². The Morgan fingerprint density at radius 1 is 0.141 bits per heavy atom. The van der Waals surface area contributed by atoms with Crippen molar-refractivity contribution in [3.05, 3.63) is 458 Å². The Bertz CT molecular complexity index is 9330. The lowest BCUT2D eigenvalue weighted by Crippen LogP contribution is -2.15. The number of benzene rings is 22. The highest BCUT2D eigenvalue weighted by Gasteiger charge is 2.40. The predicted octanol–water partition coefficient (Wildman–Crippen LogP) is 33.9. The second kappa shape index (κ2) is 30.7. The first-order valence-corrected chi connectivity index (χ1v) is 46.8. The predicted molar refractivity (Wildman–Crippen MR) is 567 cm³/mol. The van der Waals surface area contributed by atoms with E-state index < -0.39 is 0 Å². The second-order valence-electron chi connectivity index (χ2n) is 38.3. The first-order chi connectivity index (χ1) is 66.1. The van der Waals surface area contributed by atoms with Crippen molar-refractivity contribution in [3.63, 3.8) is 0 Å². The van der Waals surface area contributed by atoms with Crippen LogP contribution in [0.15, 0.2) is 425 Å². The van der Waals surface area contributed by atoms with Crippen molar-refractivity contribution >= 4 is 130 Å². The summed E-state index contributed by atoms with van der Waals surface area (Å²) in [6.07, 6.45) is 0. The molecule has 22 aromatic carbocycles. The van der Waals surface area contributed by atoms with Crippen LogP contribution in [0.5, 0.6) is 0 Å². The summed E-state index contributed by atoms with van der Waals surface area (Å²) in [5.41, 5.74) is 33.7. The molecule has 634 valence electrons. The Kier molecular flexibility index (Phi) is 18.0. The molecule has 0 radical (unpaired) electrons. The van der Waals surface area contributed by atoms with Crippen molar-refractivity contribution in [1.29, 1.82) is 0 Å². The van der Waals surface area contributed by atoms with Crippen LogP contribution in [0.1, 0.15) is 74.9 Å². The zero-order chi connectivity index (χ0) is 90.1. The molecule has 0 atom stereocenters. The van der Waals surface area contributed by atoms with E-state index in [4.69, 9.17) is 29.9 Å². The number of fused-ring (bicyclic) bond motifs is 25. The Morgan fingerprint density at radius 2 is 0.415 bits per heavy atom. The third-order valence-electron chi connectivity index (χ3n) is 29.5. The number of hydrogen-bond donors (Lipinski definition) is 0. The number of nitrogens with zero attached hydrogens (tertiary/aromatic N) is 6. The van der Waals surface area contributed by atoms with Gasteiger partial charge in [-0.2, -0.15) is 0 Å². The van der Waals surface area contributed by atoms with E-state index in [0.29, 0.717) is 0 Å². The number of hydrogen-bond acceptors (Lipinski definition) is 6. The fourth-order valence-corrected chi connectivity index (χ4v) is 22.3. The summed E-state index contributed by atoms with van der Waals surface area (Å²) in [6, 6.07) is 153. The van der Waals surface area contributed by atoms with E-state index in [9.17, 15) is 0 Å². The molecular formula is C129H88N6. The van der Waals surface area contributed by atoms with Gasteiger partial charge in [0, 0.05) is 55.0 Å². The molecule has 6 nitrogen and oxygen atoms in total. The molecule has 0 saturated heterocycles. The van der Waals surface area contributed by atoms with E-state index >= 15 is 0 Å². The van der Waals surface area contributed by atoms with Crippen molar-refractivity contribution in [1.82, 2.24) is 29.9 Å². The van der Waals surface area contributed by atoms with Crippen molar-refractivity contribution in [3.8, 4) is 112 Å². The molecule has 135 heavy (non-hydrogen) atoms. The van der Waals surface area contributed by atoms with Crippen LogP contribution in [-0.2, 0) is 16.2 Å². The Balaban J connectivity index is 0.000000105. The summed E-state index contributed by atoms with van der Waals surface area (Å²) in [5.74, 6) is 0.739. The third-order valence-corrected chi connectivity index (χ3v) is 29.5. The van der Waals surface area contributed by atoms with E-state index in [2.05, 4.69) is 442 Å². The summed E-state index contributed by atoms with van der Waals surface area (Å²) >= 11 is 0. The summed E-state index contributed by atoms with van der Waals surface area (Å²) in [6.45, 7) is 14.1. The highest BCUT2D eigenvalue weighted by atomic mass is 14.9. The molecule has 3 aromatic heterocycles. The van der Waals surface area contributed by atoms with Gasteiger partial charge >= 0.3 is 0 Å². The van der Waals surface area contributed by atoms with Crippen LogP contribution in [0.4, 0.5) is 0 Å². The lowest BCUT2D eigenvalue weighted by molar-refractivity contribution is 0.661. The van der Waals surface area contributed by atoms with E-state index in [1.54, 1.807) is 0 Å². The average Bonchev–Trinajstić information content (AvgIpc) is 1.60. The van der Waals surface area contributed by atoms with Gasteiger partial charge in [0.05, 0.1) is 56.1 Å².